The van der Waals surface area contributed by atoms with Crippen LogP contribution in [0.5, 0.6) is 0 Å². The topological polar surface area (TPSA) is 100 Å². The number of nitrogens with zero attached hydrogens (tertiary/aromatic N) is 2. The Morgan fingerprint density at radius 2 is 1.60 bits per heavy atom. The van der Waals surface area contributed by atoms with Gasteiger partial charge in [-0.15, -0.1) is 0 Å². The van der Waals surface area contributed by atoms with E-state index in [0.717, 1.165) is 0 Å². The summed E-state index contributed by atoms with van der Waals surface area (Å²) in [6.45, 7) is 5.34. The first kappa shape index (κ1) is 18.1. The summed E-state index contributed by atoms with van der Waals surface area (Å²) in [5, 5.41) is 19.7. The van der Waals surface area contributed by atoms with Gasteiger partial charge >= 0.3 is 12.1 Å². The van der Waals surface area contributed by atoms with E-state index in [1.807, 2.05) is 0 Å². The average Bonchev–Trinajstić information content (AvgIpc) is 2.51. The van der Waals surface area contributed by atoms with Crippen molar-refractivity contribution in [3.63, 3.8) is 0 Å². The average molecular weight is 341 g/mol. The summed E-state index contributed by atoms with van der Waals surface area (Å²) in [7, 11) is 0. The van der Waals surface area contributed by atoms with Crippen molar-refractivity contribution in [2.45, 2.75) is 26.4 Å². The molecule has 2 rings (SSSR count). The number of azo groups is 1. The van der Waals surface area contributed by atoms with Gasteiger partial charge in [0.2, 0.25) is 0 Å². The van der Waals surface area contributed by atoms with Crippen LogP contribution in [0.25, 0.3) is 0 Å². The fourth-order valence-electron chi connectivity index (χ4n) is 1.88. The van der Waals surface area contributed by atoms with Crippen molar-refractivity contribution in [1.82, 2.24) is 0 Å². The molecular formula is C18H19N3O4. The van der Waals surface area contributed by atoms with Crippen LogP contribution in [0.15, 0.2) is 58.8 Å². The molecule has 7 nitrogen and oxygen atoms in total. The van der Waals surface area contributed by atoms with E-state index in [1.165, 1.54) is 12.1 Å². The Hall–Kier alpha value is -3.22. The molecule has 2 N–H and O–H groups in total. The Balaban J connectivity index is 2.10. The number of amides is 1. The Morgan fingerprint density at radius 1 is 1.00 bits per heavy atom. The fourth-order valence-corrected chi connectivity index (χ4v) is 1.88. The molecule has 0 aromatic heterocycles. The molecule has 0 fully saturated rings. The van der Waals surface area contributed by atoms with Gasteiger partial charge in [-0.1, -0.05) is 12.1 Å². The summed E-state index contributed by atoms with van der Waals surface area (Å²) in [6, 6.07) is 12.9. The number of carboxylic acids is 1. The summed E-state index contributed by atoms with van der Waals surface area (Å²) in [4.78, 5) is 22.7. The lowest BCUT2D eigenvalue weighted by molar-refractivity contribution is 0.0634. The van der Waals surface area contributed by atoms with Crippen LogP contribution in [0, 0.1) is 0 Å². The fraction of sp³-hybridized carbons (Fsp3) is 0.222. The van der Waals surface area contributed by atoms with Gasteiger partial charge in [0, 0.05) is 5.69 Å². The van der Waals surface area contributed by atoms with Crippen LogP contribution in [-0.2, 0) is 4.74 Å². The van der Waals surface area contributed by atoms with E-state index < -0.39 is 17.7 Å². The van der Waals surface area contributed by atoms with Gasteiger partial charge in [0.25, 0.3) is 0 Å². The molecule has 0 spiro atoms. The number of aromatic carboxylic acids is 1. The minimum absolute atomic E-state index is 0.136. The highest BCUT2D eigenvalue weighted by molar-refractivity contribution is 5.88. The van der Waals surface area contributed by atoms with Crippen LogP contribution >= 0.6 is 0 Å². The first-order valence-corrected chi connectivity index (χ1v) is 7.58. The molecule has 0 saturated heterocycles. The maximum atomic E-state index is 11.8. The van der Waals surface area contributed by atoms with Crippen molar-refractivity contribution in [3.05, 3.63) is 54.1 Å². The van der Waals surface area contributed by atoms with Gasteiger partial charge in [-0.05, 0) is 57.2 Å². The van der Waals surface area contributed by atoms with E-state index in [4.69, 9.17) is 9.84 Å². The highest BCUT2D eigenvalue weighted by Crippen LogP contribution is 2.22. The molecule has 0 heterocycles. The predicted molar refractivity (Wildman–Crippen MR) is 93.9 cm³/mol. The monoisotopic (exact) mass is 341 g/mol. The Labute approximate surface area is 145 Å². The summed E-state index contributed by atoms with van der Waals surface area (Å²) < 4.78 is 5.19. The number of nitrogens with one attached hydrogen (secondary N) is 1. The SMILES string of the molecule is CC(C)(C)OC(=O)Nc1cccc(/N=N/c2cccc(C(=O)O)c2)c1. The largest absolute Gasteiger partial charge is 0.478 e. The van der Waals surface area contributed by atoms with Crippen LogP contribution in [0.2, 0.25) is 0 Å². The molecule has 7 heteroatoms. The second kappa shape index (κ2) is 7.57. The second-order valence-corrected chi connectivity index (χ2v) is 6.23. The van der Waals surface area contributed by atoms with Gasteiger partial charge in [-0.25, -0.2) is 9.59 Å². The molecule has 0 radical (unpaired) electrons. The van der Waals surface area contributed by atoms with Gasteiger partial charge in [0.05, 0.1) is 16.9 Å². The quantitative estimate of drug-likeness (QED) is 0.751. The first-order chi connectivity index (χ1) is 11.7. The third-order valence-corrected chi connectivity index (χ3v) is 2.87. The van der Waals surface area contributed by atoms with Crippen molar-refractivity contribution in [2.24, 2.45) is 10.2 Å². The van der Waals surface area contributed by atoms with Crippen molar-refractivity contribution < 1.29 is 19.4 Å². The lowest BCUT2D eigenvalue weighted by Gasteiger charge is -2.19. The number of carbonyl (C=O) groups excluding carboxylic acids is 1. The van der Waals surface area contributed by atoms with Gasteiger partial charge < -0.3 is 9.84 Å². The molecule has 1 amide bonds. The number of carboxylic acid groups (broad SMARTS) is 1. The molecule has 0 aliphatic carbocycles. The Morgan fingerprint density at radius 3 is 2.20 bits per heavy atom. The smallest absolute Gasteiger partial charge is 0.412 e. The van der Waals surface area contributed by atoms with E-state index in [1.54, 1.807) is 57.2 Å². The van der Waals surface area contributed by atoms with Crippen molar-refractivity contribution in [1.29, 1.82) is 0 Å². The standard InChI is InChI=1S/C18H19N3O4/c1-18(2,3)25-17(24)19-13-7-5-9-15(11-13)21-20-14-8-4-6-12(10-14)16(22)23/h4-11H,1-3H3,(H,19,24)(H,22,23)/b21-20+. The molecule has 2 aromatic carbocycles. The molecule has 0 atom stereocenters. The summed E-state index contributed by atoms with van der Waals surface area (Å²) >= 11 is 0. The van der Waals surface area contributed by atoms with Gasteiger partial charge in [-0.2, -0.15) is 10.2 Å². The Kier molecular flexibility index (Phi) is 5.49. The summed E-state index contributed by atoms with van der Waals surface area (Å²) in [6.07, 6.45) is -0.559. The zero-order valence-electron chi connectivity index (χ0n) is 14.2. The molecule has 25 heavy (non-hydrogen) atoms. The number of rotatable bonds is 4. The van der Waals surface area contributed by atoms with E-state index in [-0.39, 0.29) is 5.56 Å². The molecule has 130 valence electrons. The van der Waals surface area contributed by atoms with E-state index in [0.29, 0.717) is 17.1 Å². The summed E-state index contributed by atoms with van der Waals surface area (Å²) in [5.74, 6) is -1.03. The molecule has 0 aliphatic rings. The number of benzene rings is 2. The van der Waals surface area contributed by atoms with Crippen LogP contribution in [-0.4, -0.2) is 22.8 Å². The van der Waals surface area contributed by atoms with Gasteiger partial charge in [0.1, 0.15) is 5.60 Å². The molecule has 0 unspecified atom stereocenters. The number of hydrogen-bond acceptors (Lipinski definition) is 5. The highest BCUT2D eigenvalue weighted by Gasteiger charge is 2.16. The van der Waals surface area contributed by atoms with Crippen LogP contribution in [0.3, 0.4) is 0 Å². The minimum atomic E-state index is -1.03. The zero-order valence-corrected chi connectivity index (χ0v) is 14.2. The minimum Gasteiger partial charge on any atom is -0.478 e. The maximum absolute atomic E-state index is 11.8. The van der Waals surface area contributed by atoms with E-state index >= 15 is 0 Å². The van der Waals surface area contributed by atoms with Crippen molar-refractivity contribution in [3.8, 4) is 0 Å². The molecule has 2 aromatic rings. The second-order valence-electron chi connectivity index (χ2n) is 6.23. The molecule has 0 saturated carbocycles. The van der Waals surface area contributed by atoms with Crippen molar-refractivity contribution in [2.75, 3.05) is 5.32 Å². The third kappa shape index (κ3) is 6.06. The number of hydrogen-bond donors (Lipinski definition) is 2. The summed E-state index contributed by atoms with van der Waals surface area (Å²) in [5.41, 5.74) is 0.998. The molecule has 0 aliphatic heterocycles. The highest BCUT2D eigenvalue weighted by atomic mass is 16.6. The van der Waals surface area contributed by atoms with Crippen LogP contribution in [0.4, 0.5) is 21.9 Å². The molecular weight excluding hydrogens is 322 g/mol. The van der Waals surface area contributed by atoms with E-state index in [2.05, 4.69) is 15.5 Å². The number of ether oxygens (including phenoxy) is 1. The zero-order chi connectivity index (χ0) is 18.4. The van der Waals surface area contributed by atoms with Gasteiger partial charge in [0.15, 0.2) is 0 Å². The number of anilines is 1. The normalized spacial score (nSPS) is 11.3. The lowest BCUT2D eigenvalue weighted by atomic mass is 10.2. The van der Waals surface area contributed by atoms with E-state index in [9.17, 15) is 9.59 Å². The Bertz CT molecular complexity index is 810. The van der Waals surface area contributed by atoms with Crippen LogP contribution < -0.4 is 5.32 Å². The maximum Gasteiger partial charge on any atom is 0.412 e. The lowest BCUT2D eigenvalue weighted by Crippen LogP contribution is -2.27. The first-order valence-electron chi connectivity index (χ1n) is 7.58. The van der Waals surface area contributed by atoms with Crippen LogP contribution in [0.1, 0.15) is 31.1 Å². The van der Waals surface area contributed by atoms with Crippen molar-refractivity contribution >= 4 is 29.1 Å². The number of carbonyl (C=O) groups is 2. The predicted octanol–water partition coefficient (Wildman–Crippen LogP) is 5.15. The molecule has 0 bridgehead atoms. The van der Waals surface area contributed by atoms with Gasteiger partial charge in [-0.3, -0.25) is 5.32 Å². The third-order valence-electron chi connectivity index (χ3n) is 2.87.